The summed E-state index contributed by atoms with van der Waals surface area (Å²) in [5, 5.41) is 9.62. The first-order valence-corrected chi connectivity index (χ1v) is 11.4. The highest BCUT2D eigenvalue weighted by Crippen LogP contribution is 2.31. The van der Waals surface area contributed by atoms with Gasteiger partial charge in [0.05, 0.1) is 17.7 Å². The van der Waals surface area contributed by atoms with E-state index >= 15 is 0 Å². The van der Waals surface area contributed by atoms with Crippen molar-refractivity contribution in [3.63, 3.8) is 0 Å². The molecule has 4 rings (SSSR count). The van der Waals surface area contributed by atoms with E-state index in [1.165, 1.54) is 0 Å². The molecular formula is C23H18BrN3O4S. The maximum absolute atomic E-state index is 13.4. The van der Waals surface area contributed by atoms with Crippen LogP contribution >= 0.6 is 27.3 Å². The van der Waals surface area contributed by atoms with Crippen LogP contribution in [0.5, 0.6) is 0 Å². The Morgan fingerprint density at radius 1 is 1.19 bits per heavy atom. The standard InChI is InChI=1S/C23H18BrN3O4S/c1-3-31-23(30)19-17-12-32-21(25-20(28)14-6-4-5-13(2)11-14)18(17)22(29)27(26-19)16-9-7-15(24)8-10-16/h4-12H,3H2,1-2H3,(H,25,28). The minimum Gasteiger partial charge on any atom is -0.461 e. The Kier molecular flexibility index (Phi) is 6.20. The Balaban J connectivity index is 1.88. The average Bonchev–Trinajstić information content (AvgIpc) is 3.19. The summed E-state index contributed by atoms with van der Waals surface area (Å²) in [4.78, 5) is 38.8. The highest BCUT2D eigenvalue weighted by atomic mass is 79.9. The van der Waals surface area contributed by atoms with Crippen LogP contribution in [-0.4, -0.2) is 28.3 Å². The number of anilines is 1. The molecule has 0 spiro atoms. The second-order valence-electron chi connectivity index (χ2n) is 6.94. The van der Waals surface area contributed by atoms with E-state index in [2.05, 4.69) is 26.3 Å². The van der Waals surface area contributed by atoms with Gasteiger partial charge in [0.25, 0.3) is 11.5 Å². The number of amides is 1. The lowest BCUT2D eigenvalue weighted by atomic mass is 10.1. The Labute approximate surface area is 195 Å². The van der Waals surface area contributed by atoms with Crippen LogP contribution in [0.4, 0.5) is 5.00 Å². The zero-order valence-electron chi connectivity index (χ0n) is 17.2. The Morgan fingerprint density at radius 2 is 1.94 bits per heavy atom. The van der Waals surface area contributed by atoms with E-state index < -0.39 is 11.5 Å². The molecule has 162 valence electrons. The van der Waals surface area contributed by atoms with E-state index in [-0.39, 0.29) is 23.6 Å². The second kappa shape index (κ2) is 9.05. The Bertz CT molecular complexity index is 1390. The fourth-order valence-electron chi connectivity index (χ4n) is 3.21. The van der Waals surface area contributed by atoms with E-state index in [0.29, 0.717) is 21.6 Å². The van der Waals surface area contributed by atoms with Crippen molar-refractivity contribution in [3.8, 4) is 5.69 Å². The number of benzene rings is 2. The number of carbonyl (C=O) groups excluding carboxylic acids is 2. The monoisotopic (exact) mass is 511 g/mol. The van der Waals surface area contributed by atoms with Gasteiger partial charge in [0.15, 0.2) is 5.69 Å². The van der Waals surface area contributed by atoms with E-state index in [0.717, 1.165) is 26.1 Å². The van der Waals surface area contributed by atoms with E-state index in [1.807, 2.05) is 13.0 Å². The first-order valence-electron chi connectivity index (χ1n) is 9.74. The van der Waals surface area contributed by atoms with Gasteiger partial charge >= 0.3 is 5.97 Å². The molecule has 1 amide bonds. The minimum absolute atomic E-state index is 0.0108. The number of fused-ring (bicyclic) bond motifs is 1. The molecule has 0 saturated carbocycles. The van der Waals surface area contributed by atoms with Crippen molar-refractivity contribution in [2.45, 2.75) is 13.8 Å². The number of esters is 1. The van der Waals surface area contributed by atoms with Gasteiger partial charge in [-0.05, 0) is 50.2 Å². The van der Waals surface area contributed by atoms with Gasteiger partial charge in [-0.25, -0.2) is 4.79 Å². The third-order valence-electron chi connectivity index (χ3n) is 4.70. The normalized spacial score (nSPS) is 10.8. The van der Waals surface area contributed by atoms with Gasteiger partial charge in [-0.3, -0.25) is 9.59 Å². The predicted molar refractivity (Wildman–Crippen MR) is 128 cm³/mol. The van der Waals surface area contributed by atoms with Crippen LogP contribution in [0.3, 0.4) is 0 Å². The highest BCUT2D eigenvalue weighted by Gasteiger charge is 2.23. The van der Waals surface area contributed by atoms with Gasteiger partial charge in [-0.2, -0.15) is 9.78 Å². The first kappa shape index (κ1) is 21.9. The topological polar surface area (TPSA) is 90.3 Å². The van der Waals surface area contributed by atoms with Crippen LogP contribution in [0.15, 0.2) is 63.2 Å². The molecule has 2 aromatic carbocycles. The molecule has 4 aromatic rings. The Morgan fingerprint density at radius 3 is 2.62 bits per heavy atom. The van der Waals surface area contributed by atoms with Gasteiger partial charge in [0, 0.05) is 20.8 Å². The molecule has 0 radical (unpaired) electrons. The molecule has 9 heteroatoms. The SMILES string of the molecule is CCOC(=O)c1nn(-c2ccc(Br)cc2)c(=O)c2c(NC(=O)c3cccc(C)c3)scc12. The van der Waals surface area contributed by atoms with Gasteiger partial charge < -0.3 is 10.1 Å². The smallest absolute Gasteiger partial charge is 0.359 e. The zero-order valence-corrected chi connectivity index (χ0v) is 19.6. The van der Waals surface area contributed by atoms with Crippen LogP contribution in [0.1, 0.15) is 33.3 Å². The molecule has 32 heavy (non-hydrogen) atoms. The molecule has 2 heterocycles. The number of aryl methyl sites for hydroxylation is 1. The number of rotatable bonds is 5. The largest absolute Gasteiger partial charge is 0.461 e. The van der Waals surface area contributed by atoms with Crippen LogP contribution in [0.25, 0.3) is 16.5 Å². The number of halogens is 1. The number of nitrogens with one attached hydrogen (secondary N) is 1. The molecule has 0 unspecified atom stereocenters. The summed E-state index contributed by atoms with van der Waals surface area (Å²) in [6.45, 7) is 3.76. The van der Waals surface area contributed by atoms with Gasteiger partial charge in [0.2, 0.25) is 0 Å². The number of nitrogens with zero attached hydrogens (tertiary/aromatic N) is 2. The summed E-state index contributed by atoms with van der Waals surface area (Å²) in [6.07, 6.45) is 0. The summed E-state index contributed by atoms with van der Waals surface area (Å²) in [7, 11) is 0. The molecule has 0 bridgehead atoms. The second-order valence-corrected chi connectivity index (χ2v) is 8.73. The lowest BCUT2D eigenvalue weighted by Gasteiger charge is -2.10. The zero-order chi connectivity index (χ0) is 22.8. The van der Waals surface area contributed by atoms with Gasteiger partial charge in [-0.1, -0.05) is 33.6 Å². The lowest BCUT2D eigenvalue weighted by Crippen LogP contribution is -2.25. The highest BCUT2D eigenvalue weighted by molar-refractivity contribution is 9.10. The summed E-state index contributed by atoms with van der Waals surface area (Å²) in [6, 6.07) is 14.1. The van der Waals surface area contributed by atoms with Crippen LogP contribution < -0.4 is 10.9 Å². The Hall–Kier alpha value is -3.30. The average molecular weight is 512 g/mol. The third-order valence-corrected chi connectivity index (χ3v) is 6.12. The van der Waals surface area contributed by atoms with Gasteiger partial charge in [-0.15, -0.1) is 11.3 Å². The maximum atomic E-state index is 13.4. The van der Waals surface area contributed by atoms with Crippen LogP contribution in [-0.2, 0) is 4.74 Å². The van der Waals surface area contributed by atoms with Crippen molar-refractivity contribution in [3.05, 3.63) is 85.6 Å². The van der Waals surface area contributed by atoms with Crippen molar-refractivity contribution in [1.82, 2.24) is 9.78 Å². The molecule has 2 aromatic heterocycles. The summed E-state index contributed by atoms with van der Waals surface area (Å²) >= 11 is 4.53. The molecule has 0 atom stereocenters. The molecule has 0 aliphatic carbocycles. The molecular weight excluding hydrogens is 494 g/mol. The molecule has 0 saturated heterocycles. The van der Waals surface area contributed by atoms with Crippen LogP contribution in [0, 0.1) is 6.92 Å². The maximum Gasteiger partial charge on any atom is 0.359 e. The van der Waals surface area contributed by atoms with Crippen molar-refractivity contribution in [1.29, 1.82) is 0 Å². The van der Waals surface area contributed by atoms with Crippen molar-refractivity contribution >= 4 is 54.9 Å². The van der Waals surface area contributed by atoms with E-state index in [1.54, 1.807) is 54.8 Å². The number of thiophene rings is 1. The molecule has 7 nitrogen and oxygen atoms in total. The lowest BCUT2D eigenvalue weighted by molar-refractivity contribution is 0.0520. The molecule has 0 aliphatic rings. The van der Waals surface area contributed by atoms with E-state index in [4.69, 9.17) is 4.74 Å². The van der Waals surface area contributed by atoms with Crippen LogP contribution in [0.2, 0.25) is 0 Å². The molecule has 0 fully saturated rings. The first-order chi connectivity index (χ1) is 15.4. The van der Waals surface area contributed by atoms with E-state index in [9.17, 15) is 14.4 Å². The quantitative estimate of drug-likeness (QED) is 0.383. The number of hydrogen-bond donors (Lipinski definition) is 1. The molecule has 0 aliphatic heterocycles. The number of hydrogen-bond acceptors (Lipinski definition) is 6. The fourth-order valence-corrected chi connectivity index (χ4v) is 4.41. The van der Waals surface area contributed by atoms with Gasteiger partial charge in [0.1, 0.15) is 5.00 Å². The number of carbonyl (C=O) groups is 2. The van der Waals surface area contributed by atoms with Crippen molar-refractivity contribution in [2.24, 2.45) is 0 Å². The summed E-state index contributed by atoms with van der Waals surface area (Å²) < 4.78 is 7.14. The minimum atomic E-state index is -0.641. The summed E-state index contributed by atoms with van der Waals surface area (Å²) in [5.41, 5.74) is 1.46. The van der Waals surface area contributed by atoms with Crippen molar-refractivity contribution in [2.75, 3.05) is 11.9 Å². The predicted octanol–water partition coefficient (Wildman–Crippen LogP) is 4.95. The summed E-state index contributed by atoms with van der Waals surface area (Å²) in [5.74, 6) is -0.987. The van der Waals surface area contributed by atoms with Crippen molar-refractivity contribution < 1.29 is 14.3 Å². The molecule has 1 N–H and O–H groups in total. The number of ether oxygens (including phenoxy) is 1. The third kappa shape index (κ3) is 4.21. The number of aromatic nitrogens is 2. The fraction of sp³-hybridized carbons (Fsp3) is 0.130.